The van der Waals surface area contributed by atoms with Gasteiger partial charge in [-0.3, -0.25) is 9.69 Å². The van der Waals surface area contributed by atoms with E-state index in [2.05, 4.69) is 18.7 Å². The van der Waals surface area contributed by atoms with Gasteiger partial charge in [-0.25, -0.2) is 0 Å². The molecular formula is C13H26N2O2. The Morgan fingerprint density at radius 3 is 2.24 bits per heavy atom. The van der Waals surface area contributed by atoms with E-state index >= 15 is 0 Å². The van der Waals surface area contributed by atoms with Gasteiger partial charge in [0.05, 0.1) is 13.0 Å². The molecule has 0 aromatic heterocycles. The summed E-state index contributed by atoms with van der Waals surface area (Å²) in [7, 11) is 1.45. The van der Waals surface area contributed by atoms with Gasteiger partial charge in [0.1, 0.15) is 0 Å². The second-order valence-corrected chi connectivity index (χ2v) is 5.28. The molecule has 0 radical (unpaired) electrons. The lowest BCUT2D eigenvalue weighted by atomic mass is 9.89. The molecule has 100 valence electrons. The second-order valence-electron chi connectivity index (χ2n) is 5.28. The van der Waals surface area contributed by atoms with Crippen LogP contribution >= 0.6 is 0 Å². The van der Waals surface area contributed by atoms with E-state index in [0.29, 0.717) is 5.92 Å². The number of nitrogens with zero attached hydrogens (tertiary/aromatic N) is 1. The van der Waals surface area contributed by atoms with E-state index in [1.54, 1.807) is 0 Å². The summed E-state index contributed by atoms with van der Waals surface area (Å²) in [6, 6.07) is 0.530. The fourth-order valence-electron chi connectivity index (χ4n) is 2.55. The maximum absolute atomic E-state index is 11.5. The molecule has 0 bridgehead atoms. The third kappa shape index (κ3) is 3.68. The van der Waals surface area contributed by atoms with Crippen molar-refractivity contribution >= 4 is 5.97 Å². The van der Waals surface area contributed by atoms with Gasteiger partial charge in [-0.05, 0) is 45.7 Å². The number of ether oxygens (including phenoxy) is 1. The molecule has 1 saturated heterocycles. The van der Waals surface area contributed by atoms with Crippen molar-refractivity contribution in [2.45, 2.75) is 45.7 Å². The minimum absolute atomic E-state index is 0.0631. The fourth-order valence-corrected chi connectivity index (χ4v) is 2.55. The zero-order valence-corrected chi connectivity index (χ0v) is 11.5. The monoisotopic (exact) mass is 242 g/mol. The molecule has 1 aliphatic rings. The number of nitrogens with two attached hydrogens (primary N) is 1. The Morgan fingerprint density at radius 2 is 1.82 bits per heavy atom. The van der Waals surface area contributed by atoms with Gasteiger partial charge in [0.2, 0.25) is 0 Å². The molecule has 0 aromatic carbocycles. The zero-order valence-electron chi connectivity index (χ0n) is 11.5. The van der Waals surface area contributed by atoms with Crippen LogP contribution in [0, 0.1) is 11.8 Å². The third-order valence-corrected chi connectivity index (χ3v) is 4.19. The Balaban J connectivity index is 2.45. The second kappa shape index (κ2) is 6.36. The molecule has 0 aliphatic carbocycles. The lowest BCUT2D eigenvalue weighted by molar-refractivity contribution is -0.147. The minimum atomic E-state index is -0.119. The Morgan fingerprint density at radius 1 is 1.29 bits per heavy atom. The number of rotatable bonds is 4. The van der Waals surface area contributed by atoms with E-state index in [4.69, 9.17) is 10.5 Å². The lowest BCUT2D eigenvalue weighted by Gasteiger charge is -2.38. The van der Waals surface area contributed by atoms with Crippen LogP contribution in [-0.2, 0) is 9.53 Å². The number of carbonyl (C=O) groups is 1. The summed E-state index contributed by atoms with van der Waals surface area (Å²) in [6.45, 7) is 8.20. The Kier molecular flexibility index (Phi) is 5.40. The molecule has 0 spiro atoms. The van der Waals surface area contributed by atoms with Crippen LogP contribution < -0.4 is 5.73 Å². The van der Waals surface area contributed by atoms with Crippen LogP contribution in [0.3, 0.4) is 0 Å². The van der Waals surface area contributed by atoms with Crippen molar-refractivity contribution < 1.29 is 9.53 Å². The first-order chi connectivity index (χ1) is 7.97. The van der Waals surface area contributed by atoms with E-state index in [0.717, 1.165) is 25.9 Å². The number of hydrogen-bond donors (Lipinski definition) is 1. The van der Waals surface area contributed by atoms with Crippen LogP contribution in [0.1, 0.15) is 33.6 Å². The van der Waals surface area contributed by atoms with Gasteiger partial charge >= 0.3 is 5.97 Å². The van der Waals surface area contributed by atoms with Gasteiger partial charge in [-0.1, -0.05) is 6.92 Å². The number of carbonyl (C=O) groups excluding carboxylic acids is 1. The third-order valence-electron chi connectivity index (χ3n) is 4.19. The Bertz CT molecular complexity index is 248. The van der Waals surface area contributed by atoms with Crippen LogP contribution in [0.25, 0.3) is 0 Å². The van der Waals surface area contributed by atoms with Gasteiger partial charge in [0.15, 0.2) is 0 Å². The van der Waals surface area contributed by atoms with Gasteiger partial charge in [0.25, 0.3) is 0 Å². The van der Waals surface area contributed by atoms with E-state index in [1.807, 2.05) is 6.92 Å². The zero-order chi connectivity index (χ0) is 13.0. The van der Waals surface area contributed by atoms with Crippen LogP contribution in [-0.4, -0.2) is 43.2 Å². The number of methoxy groups -OCH3 is 1. The highest BCUT2D eigenvalue weighted by Crippen LogP contribution is 2.23. The highest BCUT2D eigenvalue weighted by molar-refractivity contribution is 5.72. The average molecular weight is 242 g/mol. The molecule has 4 nitrogen and oxygen atoms in total. The summed E-state index contributed by atoms with van der Waals surface area (Å²) in [4.78, 5) is 13.9. The smallest absolute Gasteiger partial charge is 0.309 e. The summed E-state index contributed by atoms with van der Waals surface area (Å²) in [6.07, 6.45) is 2.27. The van der Waals surface area contributed by atoms with Crippen molar-refractivity contribution in [3.8, 4) is 0 Å². The van der Waals surface area contributed by atoms with Crippen LogP contribution in [0.4, 0.5) is 0 Å². The molecule has 3 unspecified atom stereocenters. The molecule has 0 saturated carbocycles. The lowest BCUT2D eigenvalue weighted by Crippen LogP contribution is -2.47. The van der Waals surface area contributed by atoms with Crippen LogP contribution in [0.15, 0.2) is 0 Å². The summed E-state index contributed by atoms with van der Waals surface area (Å²) in [5.41, 5.74) is 5.93. The molecule has 3 atom stereocenters. The molecular weight excluding hydrogens is 216 g/mol. The first-order valence-corrected chi connectivity index (χ1v) is 6.54. The van der Waals surface area contributed by atoms with Crippen LogP contribution in [0.2, 0.25) is 0 Å². The quantitative estimate of drug-likeness (QED) is 0.754. The van der Waals surface area contributed by atoms with Crippen molar-refractivity contribution in [1.82, 2.24) is 4.90 Å². The summed E-state index contributed by atoms with van der Waals surface area (Å²) in [5.74, 6) is 0.450. The number of likely N-dealkylation sites (tertiary alicyclic amines) is 1. The van der Waals surface area contributed by atoms with Gasteiger partial charge in [-0.2, -0.15) is 0 Å². The molecule has 1 aliphatic heterocycles. The standard InChI is InChI=1S/C13H26N2O2/c1-9(13(16)17-4)11(3)15-7-5-12(6-8-15)10(2)14/h9-12H,5-8,14H2,1-4H3. The Labute approximate surface area is 104 Å². The molecule has 1 rings (SSSR count). The maximum Gasteiger partial charge on any atom is 0.309 e. The predicted octanol–water partition coefficient (Wildman–Crippen LogP) is 1.24. The first kappa shape index (κ1) is 14.5. The van der Waals surface area contributed by atoms with Crippen LogP contribution in [0.5, 0.6) is 0 Å². The minimum Gasteiger partial charge on any atom is -0.469 e. The maximum atomic E-state index is 11.5. The summed E-state index contributed by atoms with van der Waals surface area (Å²) < 4.78 is 4.80. The number of piperidine rings is 1. The van der Waals surface area contributed by atoms with Crippen molar-refractivity contribution in [3.63, 3.8) is 0 Å². The molecule has 0 aromatic rings. The molecule has 0 amide bonds. The number of esters is 1. The normalized spacial score (nSPS) is 24.1. The molecule has 2 N–H and O–H groups in total. The summed E-state index contributed by atoms with van der Waals surface area (Å²) >= 11 is 0. The summed E-state index contributed by atoms with van der Waals surface area (Å²) in [5, 5.41) is 0. The van der Waals surface area contributed by atoms with Crippen molar-refractivity contribution in [2.75, 3.05) is 20.2 Å². The van der Waals surface area contributed by atoms with Gasteiger partial charge in [-0.15, -0.1) is 0 Å². The fraction of sp³-hybridized carbons (Fsp3) is 0.923. The van der Waals surface area contributed by atoms with Gasteiger partial charge < -0.3 is 10.5 Å². The highest BCUT2D eigenvalue weighted by atomic mass is 16.5. The molecule has 17 heavy (non-hydrogen) atoms. The number of hydrogen-bond acceptors (Lipinski definition) is 4. The molecule has 1 heterocycles. The van der Waals surface area contributed by atoms with E-state index < -0.39 is 0 Å². The van der Waals surface area contributed by atoms with E-state index in [-0.39, 0.29) is 24.0 Å². The van der Waals surface area contributed by atoms with Gasteiger partial charge in [0, 0.05) is 12.1 Å². The Hall–Kier alpha value is -0.610. The predicted molar refractivity (Wildman–Crippen MR) is 68.6 cm³/mol. The van der Waals surface area contributed by atoms with Crippen molar-refractivity contribution in [3.05, 3.63) is 0 Å². The SMILES string of the molecule is COC(=O)C(C)C(C)N1CCC(C(C)N)CC1. The van der Waals surface area contributed by atoms with Crippen molar-refractivity contribution in [2.24, 2.45) is 17.6 Å². The molecule has 1 fully saturated rings. The molecule has 4 heteroatoms. The largest absolute Gasteiger partial charge is 0.469 e. The highest BCUT2D eigenvalue weighted by Gasteiger charge is 2.30. The van der Waals surface area contributed by atoms with Crippen molar-refractivity contribution in [1.29, 1.82) is 0 Å². The van der Waals surface area contributed by atoms with E-state index in [9.17, 15) is 4.79 Å². The average Bonchev–Trinajstić information content (AvgIpc) is 2.36. The first-order valence-electron chi connectivity index (χ1n) is 6.54. The topological polar surface area (TPSA) is 55.6 Å². The van der Waals surface area contributed by atoms with E-state index in [1.165, 1.54) is 7.11 Å².